The molecule has 8 nitrogen and oxygen atoms in total. The van der Waals surface area contributed by atoms with Crippen molar-refractivity contribution in [2.75, 3.05) is 11.9 Å². The molecule has 2 aromatic carbocycles. The van der Waals surface area contributed by atoms with E-state index in [1.165, 1.54) is 24.3 Å². The van der Waals surface area contributed by atoms with Crippen LogP contribution >= 0.6 is 11.6 Å². The zero-order valence-electron chi connectivity index (χ0n) is 12.9. The summed E-state index contributed by atoms with van der Waals surface area (Å²) in [6.45, 7) is -0.528. The number of non-ortho nitro benzene ring substituents is 1. The number of anilines is 1. The van der Waals surface area contributed by atoms with E-state index >= 15 is 0 Å². The molecule has 0 saturated heterocycles. The molecule has 0 spiro atoms. The molecule has 130 valence electrons. The van der Waals surface area contributed by atoms with Gasteiger partial charge in [0, 0.05) is 29.4 Å². The average molecular weight is 364 g/mol. The van der Waals surface area contributed by atoms with Gasteiger partial charge >= 0.3 is 12.0 Å². The molecule has 2 amide bonds. The Morgan fingerprint density at radius 3 is 2.24 bits per heavy atom. The van der Waals surface area contributed by atoms with Crippen molar-refractivity contribution in [3.8, 4) is 0 Å². The van der Waals surface area contributed by atoms with E-state index in [0.29, 0.717) is 16.3 Å². The second kappa shape index (κ2) is 8.11. The fourth-order valence-corrected chi connectivity index (χ4v) is 2.17. The Morgan fingerprint density at radius 2 is 1.72 bits per heavy atom. The third-order valence-electron chi connectivity index (χ3n) is 3.23. The van der Waals surface area contributed by atoms with E-state index in [9.17, 15) is 19.7 Å². The van der Waals surface area contributed by atoms with Crippen molar-refractivity contribution in [1.29, 1.82) is 0 Å². The molecule has 25 heavy (non-hydrogen) atoms. The van der Waals surface area contributed by atoms with Gasteiger partial charge in [0.05, 0.1) is 4.92 Å². The van der Waals surface area contributed by atoms with Crippen molar-refractivity contribution in [3.63, 3.8) is 0 Å². The van der Waals surface area contributed by atoms with Crippen molar-refractivity contribution in [2.45, 2.75) is 6.54 Å². The minimum absolute atomic E-state index is 0.0102. The van der Waals surface area contributed by atoms with Crippen LogP contribution in [0.15, 0.2) is 48.5 Å². The minimum Gasteiger partial charge on any atom is -0.480 e. The van der Waals surface area contributed by atoms with Gasteiger partial charge in [-0.2, -0.15) is 0 Å². The molecule has 0 saturated carbocycles. The lowest BCUT2D eigenvalue weighted by Gasteiger charge is -2.21. The lowest BCUT2D eigenvalue weighted by Crippen LogP contribution is -2.38. The van der Waals surface area contributed by atoms with Gasteiger partial charge in [-0.3, -0.25) is 14.9 Å². The number of hydrogen-bond donors (Lipinski definition) is 2. The standard InChI is InChI=1S/C16H14ClN3O5/c17-12-3-5-13(6-4-12)18-16(23)19(10-15(21)22)9-11-1-7-14(8-2-11)20(24)25/h1-8H,9-10H2,(H,18,23)(H,21,22). The Hall–Kier alpha value is -3.13. The van der Waals surface area contributed by atoms with E-state index in [-0.39, 0.29) is 12.2 Å². The summed E-state index contributed by atoms with van der Waals surface area (Å²) >= 11 is 5.77. The van der Waals surface area contributed by atoms with Gasteiger partial charge in [-0.05, 0) is 29.8 Å². The van der Waals surface area contributed by atoms with Crippen molar-refractivity contribution in [3.05, 3.63) is 69.2 Å². The molecule has 2 N–H and O–H groups in total. The number of urea groups is 1. The summed E-state index contributed by atoms with van der Waals surface area (Å²) in [6.07, 6.45) is 0. The molecule has 0 unspecified atom stereocenters. The highest BCUT2D eigenvalue weighted by Crippen LogP contribution is 2.16. The van der Waals surface area contributed by atoms with Crippen molar-refractivity contribution in [2.24, 2.45) is 0 Å². The predicted octanol–water partition coefficient (Wildman–Crippen LogP) is 3.37. The number of carboxylic acid groups (broad SMARTS) is 1. The number of carbonyl (C=O) groups excluding carboxylic acids is 1. The number of carboxylic acids is 1. The number of halogens is 1. The van der Waals surface area contributed by atoms with E-state index in [1.54, 1.807) is 24.3 Å². The predicted molar refractivity (Wildman–Crippen MR) is 91.6 cm³/mol. The third-order valence-corrected chi connectivity index (χ3v) is 3.48. The molecular weight excluding hydrogens is 350 g/mol. The summed E-state index contributed by atoms with van der Waals surface area (Å²) in [5.41, 5.74) is 0.950. The average Bonchev–Trinajstić information content (AvgIpc) is 2.56. The number of nitrogens with one attached hydrogen (secondary N) is 1. The van der Waals surface area contributed by atoms with E-state index in [4.69, 9.17) is 16.7 Å². The van der Waals surface area contributed by atoms with Crippen LogP contribution in [0.3, 0.4) is 0 Å². The molecule has 0 aliphatic carbocycles. The van der Waals surface area contributed by atoms with E-state index in [0.717, 1.165) is 4.90 Å². The van der Waals surface area contributed by atoms with E-state index in [2.05, 4.69) is 5.32 Å². The van der Waals surface area contributed by atoms with Gasteiger partial charge in [0.2, 0.25) is 0 Å². The van der Waals surface area contributed by atoms with Crippen LogP contribution in [0.2, 0.25) is 5.02 Å². The van der Waals surface area contributed by atoms with Crippen LogP contribution in [0.5, 0.6) is 0 Å². The Bertz CT molecular complexity index is 777. The quantitative estimate of drug-likeness (QED) is 0.603. The molecule has 2 aromatic rings. The van der Waals surface area contributed by atoms with Crippen LogP contribution in [-0.4, -0.2) is 33.5 Å². The first-order valence-corrected chi connectivity index (χ1v) is 7.49. The van der Waals surface area contributed by atoms with Crippen LogP contribution in [0.25, 0.3) is 0 Å². The van der Waals surface area contributed by atoms with Gasteiger partial charge in [0.15, 0.2) is 0 Å². The van der Waals surface area contributed by atoms with Crippen molar-refractivity contribution < 1.29 is 19.6 Å². The molecule has 0 heterocycles. The Balaban J connectivity index is 2.11. The maximum Gasteiger partial charge on any atom is 0.323 e. The highest BCUT2D eigenvalue weighted by Gasteiger charge is 2.18. The highest BCUT2D eigenvalue weighted by atomic mass is 35.5. The van der Waals surface area contributed by atoms with Gasteiger partial charge in [-0.1, -0.05) is 23.7 Å². The van der Waals surface area contributed by atoms with Gasteiger partial charge in [0.1, 0.15) is 6.54 Å². The number of carbonyl (C=O) groups is 2. The summed E-state index contributed by atoms with van der Waals surface area (Å²) in [6, 6.07) is 11.3. The number of nitrogens with zero attached hydrogens (tertiary/aromatic N) is 2. The Morgan fingerprint density at radius 1 is 1.12 bits per heavy atom. The van der Waals surface area contributed by atoms with Crippen molar-refractivity contribution in [1.82, 2.24) is 4.90 Å². The number of nitro benzene ring substituents is 1. The summed E-state index contributed by atoms with van der Waals surface area (Å²) < 4.78 is 0. The molecule has 0 atom stereocenters. The first-order valence-electron chi connectivity index (χ1n) is 7.12. The number of hydrogen-bond acceptors (Lipinski definition) is 4. The largest absolute Gasteiger partial charge is 0.480 e. The van der Waals surface area contributed by atoms with Crippen LogP contribution < -0.4 is 5.32 Å². The molecule has 0 bridgehead atoms. The SMILES string of the molecule is O=C(O)CN(Cc1ccc([N+](=O)[O-])cc1)C(=O)Nc1ccc(Cl)cc1. The van der Waals surface area contributed by atoms with Crippen LogP contribution in [0.1, 0.15) is 5.56 Å². The third kappa shape index (κ3) is 5.47. The number of nitro groups is 1. The fourth-order valence-electron chi connectivity index (χ4n) is 2.04. The fraction of sp³-hybridized carbons (Fsp3) is 0.125. The van der Waals surface area contributed by atoms with Crippen LogP contribution in [0, 0.1) is 10.1 Å². The van der Waals surface area contributed by atoms with Gasteiger partial charge < -0.3 is 15.3 Å². The monoisotopic (exact) mass is 363 g/mol. The molecular formula is C16H14ClN3O5. The highest BCUT2D eigenvalue weighted by molar-refractivity contribution is 6.30. The number of rotatable bonds is 6. The summed E-state index contributed by atoms with van der Waals surface area (Å²) in [7, 11) is 0. The molecule has 0 radical (unpaired) electrons. The van der Waals surface area contributed by atoms with Gasteiger partial charge in [-0.15, -0.1) is 0 Å². The van der Waals surface area contributed by atoms with Crippen molar-refractivity contribution >= 4 is 35.0 Å². The first-order chi connectivity index (χ1) is 11.8. The minimum atomic E-state index is -1.17. The molecule has 2 rings (SSSR count). The summed E-state index contributed by atoms with van der Waals surface area (Å²) in [5, 5.41) is 22.7. The van der Waals surface area contributed by atoms with E-state index in [1.807, 2.05) is 0 Å². The number of benzene rings is 2. The van der Waals surface area contributed by atoms with Crippen LogP contribution in [0.4, 0.5) is 16.2 Å². The molecule has 0 aromatic heterocycles. The van der Waals surface area contributed by atoms with Gasteiger partial charge in [-0.25, -0.2) is 4.79 Å². The Kier molecular flexibility index (Phi) is 5.91. The smallest absolute Gasteiger partial charge is 0.323 e. The zero-order chi connectivity index (χ0) is 18.4. The maximum atomic E-state index is 12.3. The molecule has 0 fully saturated rings. The molecule has 9 heteroatoms. The molecule has 0 aliphatic rings. The zero-order valence-corrected chi connectivity index (χ0v) is 13.6. The van der Waals surface area contributed by atoms with Gasteiger partial charge in [0.25, 0.3) is 5.69 Å². The first kappa shape index (κ1) is 18.2. The lowest BCUT2D eigenvalue weighted by atomic mass is 10.2. The topological polar surface area (TPSA) is 113 Å². The van der Waals surface area contributed by atoms with Crippen LogP contribution in [-0.2, 0) is 11.3 Å². The summed E-state index contributed by atoms with van der Waals surface area (Å²) in [5.74, 6) is -1.17. The summed E-state index contributed by atoms with van der Waals surface area (Å²) in [4.78, 5) is 34.5. The number of aliphatic carboxylic acids is 1. The maximum absolute atomic E-state index is 12.3. The van der Waals surface area contributed by atoms with E-state index < -0.39 is 23.5 Å². The normalized spacial score (nSPS) is 10.1. The second-order valence-electron chi connectivity index (χ2n) is 5.11. The lowest BCUT2D eigenvalue weighted by molar-refractivity contribution is -0.384. The second-order valence-corrected chi connectivity index (χ2v) is 5.55. The molecule has 0 aliphatic heterocycles. The number of amides is 2. The Labute approximate surface area is 147 Å².